The third kappa shape index (κ3) is 10.3. The van der Waals surface area contributed by atoms with Gasteiger partial charge in [0.25, 0.3) is 6.47 Å². The first-order chi connectivity index (χ1) is 19.8. The van der Waals surface area contributed by atoms with E-state index in [2.05, 4.69) is 19.9 Å². The number of hydrogen-bond donors (Lipinski definition) is 0. The van der Waals surface area contributed by atoms with E-state index in [1.54, 1.807) is 25.5 Å². The van der Waals surface area contributed by atoms with Gasteiger partial charge in [-0.1, -0.05) is 35.5 Å². The summed E-state index contributed by atoms with van der Waals surface area (Å²) in [5.74, 6) is 1.55. The van der Waals surface area contributed by atoms with Crippen LogP contribution >= 0.6 is 0 Å². The van der Waals surface area contributed by atoms with Crippen molar-refractivity contribution in [3.8, 4) is 17.2 Å². The van der Waals surface area contributed by atoms with Crippen molar-refractivity contribution in [1.29, 1.82) is 0 Å². The predicted molar refractivity (Wildman–Crippen MR) is 159 cm³/mol. The van der Waals surface area contributed by atoms with E-state index in [1.807, 2.05) is 96.1 Å². The molecule has 0 saturated heterocycles. The highest BCUT2D eigenvalue weighted by atomic mass is 16.6. The normalized spacial score (nSPS) is 11.1. The average molecular weight is 575 g/mol. The van der Waals surface area contributed by atoms with Gasteiger partial charge in [0, 0.05) is 38.0 Å². The van der Waals surface area contributed by atoms with Crippen LogP contribution in [0, 0.1) is 0 Å². The molecule has 10 heteroatoms. The van der Waals surface area contributed by atoms with Gasteiger partial charge < -0.3 is 18.7 Å². The summed E-state index contributed by atoms with van der Waals surface area (Å²) < 4.78 is 21.3. The minimum atomic E-state index is -0.611. The van der Waals surface area contributed by atoms with Crippen LogP contribution in [0.5, 0.6) is 5.88 Å². The van der Waals surface area contributed by atoms with Crippen molar-refractivity contribution >= 4 is 18.4 Å². The van der Waals surface area contributed by atoms with E-state index in [4.69, 9.17) is 14.0 Å². The maximum atomic E-state index is 12.5. The highest BCUT2D eigenvalue weighted by Gasteiger charge is 2.24. The predicted octanol–water partition coefficient (Wildman–Crippen LogP) is 6.63. The number of ether oxygens (including phenoxy) is 3. The van der Waals surface area contributed by atoms with E-state index < -0.39 is 11.7 Å². The SMILES string of the molecule is CC(C)(C)OC=O.CN(C(=O)OC(C)(C)C)c1ncccc1-c1cc(Cc2ccc(COc3ccccn3)cc2)no1. The lowest BCUT2D eigenvalue weighted by atomic mass is 10.1. The van der Waals surface area contributed by atoms with E-state index >= 15 is 0 Å². The fourth-order valence-electron chi connectivity index (χ4n) is 3.49. The fraction of sp³-hybridized carbons (Fsp3) is 0.344. The molecule has 0 aliphatic carbocycles. The maximum absolute atomic E-state index is 12.5. The van der Waals surface area contributed by atoms with Gasteiger partial charge in [-0.25, -0.2) is 14.8 Å². The van der Waals surface area contributed by atoms with Crippen molar-refractivity contribution in [3.05, 3.63) is 89.9 Å². The number of carbonyl (C=O) groups excluding carboxylic acids is 2. The molecule has 0 saturated carbocycles. The number of rotatable bonds is 8. The molecule has 1 aromatic carbocycles. The number of aromatic nitrogens is 3. The van der Waals surface area contributed by atoms with E-state index in [0.717, 1.165) is 16.8 Å². The molecule has 3 aromatic heterocycles. The Bertz CT molecular complexity index is 1420. The standard InChI is InChI=1S/C27H28N4O4.C5H10O2/c1-27(2,3)34-26(32)31(4)25-22(8-7-15-29-25)23-17-21(30-35-23)16-19-10-12-20(13-11-19)18-33-24-9-5-6-14-28-24;1-5(2,3)7-4-6/h5-15,17H,16,18H2,1-4H3;4H,1-3H3. The number of benzene rings is 1. The zero-order valence-corrected chi connectivity index (χ0v) is 25.2. The summed E-state index contributed by atoms with van der Waals surface area (Å²) in [6.07, 6.45) is 3.43. The van der Waals surface area contributed by atoms with Crippen LogP contribution in [0.3, 0.4) is 0 Å². The van der Waals surface area contributed by atoms with Crippen molar-refractivity contribution in [2.75, 3.05) is 11.9 Å². The van der Waals surface area contributed by atoms with Crippen LogP contribution in [0.15, 0.2) is 77.6 Å². The van der Waals surface area contributed by atoms with E-state index in [9.17, 15) is 9.59 Å². The molecule has 0 N–H and O–H groups in total. The van der Waals surface area contributed by atoms with Crippen molar-refractivity contribution in [3.63, 3.8) is 0 Å². The molecule has 4 rings (SSSR count). The minimum absolute atomic E-state index is 0.318. The highest BCUT2D eigenvalue weighted by Crippen LogP contribution is 2.30. The second-order valence-electron chi connectivity index (χ2n) is 11.4. The van der Waals surface area contributed by atoms with Crippen molar-refractivity contribution < 1.29 is 28.3 Å². The third-order valence-corrected chi connectivity index (χ3v) is 5.43. The number of nitrogens with zero attached hydrogens (tertiary/aromatic N) is 4. The summed E-state index contributed by atoms with van der Waals surface area (Å²) in [6, 6.07) is 19.2. The van der Waals surface area contributed by atoms with Gasteiger partial charge in [-0.05, 0) is 70.9 Å². The van der Waals surface area contributed by atoms with Crippen molar-refractivity contribution in [2.45, 2.75) is 65.8 Å². The molecule has 0 aliphatic rings. The Morgan fingerprint density at radius 1 is 0.905 bits per heavy atom. The Kier molecular flexibility index (Phi) is 10.8. The lowest BCUT2D eigenvalue weighted by Gasteiger charge is -2.24. The molecule has 1 amide bonds. The molecule has 0 radical (unpaired) electrons. The van der Waals surface area contributed by atoms with Gasteiger partial charge in [0.1, 0.15) is 23.6 Å². The second-order valence-corrected chi connectivity index (χ2v) is 11.4. The number of anilines is 1. The topological polar surface area (TPSA) is 117 Å². The van der Waals surface area contributed by atoms with Crippen LogP contribution in [0.25, 0.3) is 11.3 Å². The molecule has 10 nitrogen and oxygen atoms in total. The second kappa shape index (κ2) is 14.2. The molecule has 3 heterocycles. The van der Waals surface area contributed by atoms with Crippen LogP contribution in [-0.4, -0.2) is 45.9 Å². The van der Waals surface area contributed by atoms with E-state index in [1.165, 1.54) is 4.90 Å². The lowest BCUT2D eigenvalue weighted by molar-refractivity contribution is -0.138. The zero-order valence-electron chi connectivity index (χ0n) is 25.2. The number of pyridine rings is 2. The Morgan fingerprint density at radius 2 is 1.60 bits per heavy atom. The van der Waals surface area contributed by atoms with Crippen LogP contribution in [0.1, 0.15) is 58.4 Å². The van der Waals surface area contributed by atoms with Crippen molar-refractivity contribution in [2.24, 2.45) is 0 Å². The summed E-state index contributed by atoms with van der Waals surface area (Å²) in [5.41, 5.74) is 2.63. The monoisotopic (exact) mass is 574 g/mol. The summed E-state index contributed by atoms with van der Waals surface area (Å²) in [4.78, 5) is 32.0. The van der Waals surface area contributed by atoms with Gasteiger partial charge in [-0.3, -0.25) is 9.69 Å². The lowest BCUT2D eigenvalue weighted by Crippen LogP contribution is -2.34. The molecule has 0 bridgehead atoms. The Hall–Kier alpha value is -4.73. The van der Waals surface area contributed by atoms with Gasteiger partial charge >= 0.3 is 6.09 Å². The molecule has 0 spiro atoms. The van der Waals surface area contributed by atoms with Crippen LogP contribution < -0.4 is 9.64 Å². The van der Waals surface area contributed by atoms with Crippen molar-refractivity contribution in [1.82, 2.24) is 15.1 Å². The largest absolute Gasteiger partial charge is 0.473 e. The molecule has 4 aromatic rings. The maximum Gasteiger partial charge on any atom is 0.415 e. The quantitative estimate of drug-likeness (QED) is 0.214. The molecule has 222 valence electrons. The first-order valence-corrected chi connectivity index (χ1v) is 13.5. The third-order valence-electron chi connectivity index (χ3n) is 5.43. The summed E-state index contributed by atoms with van der Waals surface area (Å²) in [6.45, 7) is 11.8. The summed E-state index contributed by atoms with van der Waals surface area (Å²) in [7, 11) is 1.62. The molecule has 0 aliphatic heterocycles. The van der Waals surface area contributed by atoms with E-state index in [0.29, 0.717) is 42.5 Å². The molecule has 0 unspecified atom stereocenters. The number of carbonyl (C=O) groups is 2. The smallest absolute Gasteiger partial charge is 0.415 e. The average Bonchev–Trinajstić information content (AvgIpc) is 3.40. The fourth-order valence-corrected chi connectivity index (χ4v) is 3.49. The number of hydrogen-bond acceptors (Lipinski definition) is 9. The van der Waals surface area contributed by atoms with Crippen LogP contribution in [-0.2, 0) is 27.3 Å². The van der Waals surface area contributed by atoms with Gasteiger partial charge in [0.2, 0.25) is 5.88 Å². The first-order valence-electron chi connectivity index (χ1n) is 13.5. The first kappa shape index (κ1) is 31.8. The minimum Gasteiger partial charge on any atom is -0.473 e. The van der Waals surface area contributed by atoms with Crippen LogP contribution in [0.2, 0.25) is 0 Å². The molecule has 0 fully saturated rings. The summed E-state index contributed by atoms with van der Waals surface area (Å²) >= 11 is 0. The summed E-state index contributed by atoms with van der Waals surface area (Å²) in [5, 5.41) is 4.22. The van der Waals surface area contributed by atoms with Gasteiger partial charge in [0.15, 0.2) is 5.76 Å². The molecular weight excluding hydrogens is 536 g/mol. The Balaban J connectivity index is 0.000000616. The van der Waals surface area contributed by atoms with E-state index in [-0.39, 0.29) is 5.60 Å². The molecule has 0 atom stereocenters. The van der Waals surface area contributed by atoms with Gasteiger partial charge in [-0.2, -0.15) is 0 Å². The van der Waals surface area contributed by atoms with Gasteiger partial charge in [-0.15, -0.1) is 0 Å². The van der Waals surface area contributed by atoms with Gasteiger partial charge in [0.05, 0.1) is 11.3 Å². The Morgan fingerprint density at radius 3 is 2.19 bits per heavy atom. The zero-order chi connectivity index (χ0) is 30.8. The highest BCUT2D eigenvalue weighted by molar-refractivity contribution is 5.90. The number of amides is 1. The molecule has 42 heavy (non-hydrogen) atoms. The van der Waals surface area contributed by atoms with Crippen LogP contribution in [0.4, 0.5) is 10.6 Å². The Labute approximate surface area is 246 Å². The molecular formula is C32H38N4O6.